The van der Waals surface area contributed by atoms with Crippen LogP contribution in [-0.4, -0.2) is 46.1 Å². The van der Waals surface area contributed by atoms with Crippen LogP contribution in [0.2, 0.25) is 0 Å². The van der Waals surface area contributed by atoms with Gasteiger partial charge in [0.05, 0.1) is 19.3 Å². The lowest BCUT2D eigenvalue weighted by Crippen LogP contribution is -2.25. The Balaban J connectivity index is 1.58. The Bertz CT molecular complexity index is 523. The molecule has 2 rings (SSSR count). The minimum absolute atomic E-state index is 0.000301. The average Bonchev–Trinajstić information content (AvgIpc) is 2.67. The summed E-state index contributed by atoms with van der Waals surface area (Å²) < 4.78 is 22.3. The highest BCUT2D eigenvalue weighted by molar-refractivity contribution is 5.51. The van der Waals surface area contributed by atoms with Gasteiger partial charge in [0.2, 0.25) is 6.41 Å². The van der Waals surface area contributed by atoms with Gasteiger partial charge in [-0.25, -0.2) is 0 Å². The van der Waals surface area contributed by atoms with E-state index in [0.717, 1.165) is 82.0 Å². The second-order valence-corrected chi connectivity index (χ2v) is 6.25. The summed E-state index contributed by atoms with van der Waals surface area (Å²) in [6, 6.07) is 5.81. The number of carbonyl (C=O) groups is 1. The Morgan fingerprint density at radius 1 is 1.12 bits per heavy atom. The Morgan fingerprint density at radius 3 is 2.77 bits per heavy atom. The zero-order valence-corrected chi connectivity index (χ0v) is 15.7. The van der Waals surface area contributed by atoms with E-state index < -0.39 is 0 Å². The van der Waals surface area contributed by atoms with Gasteiger partial charge in [-0.15, -0.1) is 0 Å². The predicted octanol–water partition coefficient (Wildman–Crippen LogP) is 3.25. The van der Waals surface area contributed by atoms with Gasteiger partial charge in [-0.3, -0.25) is 4.79 Å². The van der Waals surface area contributed by atoms with Crippen molar-refractivity contribution in [1.82, 2.24) is 5.32 Å². The molecular weight excluding hydrogens is 334 g/mol. The van der Waals surface area contributed by atoms with Gasteiger partial charge in [-0.1, -0.05) is 0 Å². The van der Waals surface area contributed by atoms with E-state index in [1.807, 2.05) is 25.1 Å². The van der Waals surface area contributed by atoms with Crippen LogP contribution in [0.15, 0.2) is 18.2 Å². The first kappa shape index (κ1) is 20.5. The van der Waals surface area contributed by atoms with Crippen LogP contribution in [0.5, 0.6) is 11.5 Å². The lowest BCUT2D eigenvalue weighted by molar-refractivity contribution is -0.110. The SMILES string of the molecule is CCOCCCOCCCCCOc1ccc2c(c1)[C@@H](NC=O)CCO2. The van der Waals surface area contributed by atoms with Crippen molar-refractivity contribution in [3.8, 4) is 11.5 Å². The van der Waals surface area contributed by atoms with Crippen LogP contribution in [0.25, 0.3) is 0 Å². The molecule has 1 aliphatic rings. The third-order valence-electron chi connectivity index (χ3n) is 4.27. The van der Waals surface area contributed by atoms with Gasteiger partial charge >= 0.3 is 0 Å². The maximum Gasteiger partial charge on any atom is 0.207 e. The van der Waals surface area contributed by atoms with Gasteiger partial charge in [-0.2, -0.15) is 0 Å². The Labute approximate surface area is 156 Å². The maximum atomic E-state index is 10.8. The molecule has 146 valence electrons. The van der Waals surface area contributed by atoms with Gasteiger partial charge in [-0.05, 0) is 50.8 Å². The van der Waals surface area contributed by atoms with E-state index in [-0.39, 0.29) is 6.04 Å². The predicted molar refractivity (Wildman–Crippen MR) is 99.8 cm³/mol. The van der Waals surface area contributed by atoms with Crippen LogP contribution in [0.1, 0.15) is 50.6 Å². The van der Waals surface area contributed by atoms with Crippen LogP contribution in [0, 0.1) is 0 Å². The molecule has 0 saturated carbocycles. The van der Waals surface area contributed by atoms with E-state index >= 15 is 0 Å². The topological polar surface area (TPSA) is 66.0 Å². The molecule has 1 heterocycles. The average molecular weight is 365 g/mol. The Morgan fingerprint density at radius 2 is 1.92 bits per heavy atom. The van der Waals surface area contributed by atoms with Crippen molar-refractivity contribution in [3.05, 3.63) is 23.8 Å². The highest BCUT2D eigenvalue weighted by Gasteiger charge is 2.21. The zero-order valence-electron chi connectivity index (χ0n) is 15.7. The molecule has 1 aliphatic heterocycles. The minimum atomic E-state index is -0.000301. The summed E-state index contributed by atoms with van der Waals surface area (Å²) in [5.41, 5.74) is 0.987. The molecule has 26 heavy (non-hydrogen) atoms. The number of fused-ring (bicyclic) bond motifs is 1. The fraction of sp³-hybridized carbons (Fsp3) is 0.650. The summed E-state index contributed by atoms with van der Waals surface area (Å²) >= 11 is 0. The van der Waals surface area contributed by atoms with E-state index in [9.17, 15) is 4.79 Å². The largest absolute Gasteiger partial charge is 0.494 e. The summed E-state index contributed by atoms with van der Waals surface area (Å²) in [6.45, 7) is 6.40. The number of benzene rings is 1. The highest BCUT2D eigenvalue weighted by atomic mass is 16.5. The monoisotopic (exact) mass is 365 g/mol. The fourth-order valence-corrected chi connectivity index (χ4v) is 2.90. The summed E-state index contributed by atoms with van der Waals surface area (Å²) in [5.74, 6) is 1.64. The third kappa shape index (κ3) is 7.22. The number of nitrogens with one attached hydrogen (secondary N) is 1. The van der Waals surface area contributed by atoms with E-state index in [4.69, 9.17) is 18.9 Å². The van der Waals surface area contributed by atoms with Gasteiger partial charge in [0.25, 0.3) is 0 Å². The number of carbonyl (C=O) groups excluding carboxylic acids is 1. The number of amides is 1. The number of unbranched alkanes of at least 4 members (excludes halogenated alkanes) is 2. The molecule has 0 fully saturated rings. The Hall–Kier alpha value is -1.79. The van der Waals surface area contributed by atoms with E-state index in [0.29, 0.717) is 13.2 Å². The number of ether oxygens (including phenoxy) is 4. The number of hydrogen-bond donors (Lipinski definition) is 1. The molecule has 0 unspecified atom stereocenters. The quantitative estimate of drug-likeness (QED) is 0.405. The lowest BCUT2D eigenvalue weighted by atomic mass is 10.0. The van der Waals surface area contributed by atoms with Crippen LogP contribution >= 0.6 is 0 Å². The first-order chi connectivity index (χ1) is 12.8. The van der Waals surface area contributed by atoms with E-state index in [1.54, 1.807) is 0 Å². The summed E-state index contributed by atoms with van der Waals surface area (Å²) in [6.07, 6.45) is 5.59. The molecule has 1 aromatic carbocycles. The summed E-state index contributed by atoms with van der Waals surface area (Å²) in [7, 11) is 0. The van der Waals surface area contributed by atoms with E-state index in [2.05, 4.69) is 5.32 Å². The van der Waals surface area contributed by atoms with Crippen molar-refractivity contribution in [1.29, 1.82) is 0 Å². The molecule has 1 atom stereocenters. The van der Waals surface area contributed by atoms with Crippen molar-refractivity contribution >= 4 is 6.41 Å². The first-order valence-corrected chi connectivity index (χ1v) is 9.60. The second-order valence-electron chi connectivity index (χ2n) is 6.25. The number of rotatable bonds is 14. The molecule has 6 nitrogen and oxygen atoms in total. The van der Waals surface area contributed by atoms with Crippen molar-refractivity contribution in [2.75, 3.05) is 39.6 Å². The molecule has 1 aromatic rings. The standard InChI is InChI=1S/C20H31NO5/c1-2-23-11-6-12-24-10-4-3-5-13-25-17-7-8-20-18(15-17)19(21-16-22)9-14-26-20/h7-8,15-16,19H,2-6,9-14H2,1H3,(H,21,22)/t19-/m0/s1. The normalized spacial score (nSPS) is 15.8. The summed E-state index contributed by atoms with van der Waals surface area (Å²) in [4.78, 5) is 10.8. The number of hydrogen-bond acceptors (Lipinski definition) is 5. The van der Waals surface area contributed by atoms with Gasteiger partial charge in [0, 0.05) is 38.4 Å². The van der Waals surface area contributed by atoms with Crippen molar-refractivity contribution in [2.24, 2.45) is 0 Å². The lowest BCUT2D eigenvalue weighted by Gasteiger charge is -2.25. The third-order valence-corrected chi connectivity index (χ3v) is 4.27. The summed E-state index contributed by atoms with van der Waals surface area (Å²) in [5, 5.41) is 2.84. The molecule has 1 N–H and O–H groups in total. The molecule has 1 amide bonds. The fourth-order valence-electron chi connectivity index (χ4n) is 2.90. The van der Waals surface area contributed by atoms with Crippen molar-refractivity contribution < 1.29 is 23.7 Å². The molecule has 6 heteroatoms. The molecule has 0 spiro atoms. The molecule has 0 aliphatic carbocycles. The molecule has 0 saturated heterocycles. The smallest absolute Gasteiger partial charge is 0.207 e. The molecule has 0 radical (unpaired) electrons. The highest BCUT2D eigenvalue weighted by Crippen LogP contribution is 2.34. The van der Waals surface area contributed by atoms with Crippen LogP contribution in [-0.2, 0) is 14.3 Å². The van der Waals surface area contributed by atoms with Crippen LogP contribution < -0.4 is 14.8 Å². The van der Waals surface area contributed by atoms with Crippen molar-refractivity contribution in [3.63, 3.8) is 0 Å². The van der Waals surface area contributed by atoms with Crippen molar-refractivity contribution in [2.45, 2.75) is 45.1 Å². The van der Waals surface area contributed by atoms with E-state index in [1.165, 1.54) is 0 Å². The van der Waals surface area contributed by atoms with Gasteiger partial charge in [0.15, 0.2) is 0 Å². The van der Waals surface area contributed by atoms with Gasteiger partial charge in [0.1, 0.15) is 11.5 Å². The molecule has 0 aromatic heterocycles. The van der Waals surface area contributed by atoms with Crippen LogP contribution in [0.3, 0.4) is 0 Å². The Kier molecular flexibility index (Phi) is 9.90. The molecule has 0 bridgehead atoms. The first-order valence-electron chi connectivity index (χ1n) is 9.60. The minimum Gasteiger partial charge on any atom is -0.494 e. The zero-order chi connectivity index (χ0) is 18.5. The van der Waals surface area contributed by atoms with Crippen LogP contribution in [0.4, 0.5) is 0 Å². The molecular formula is C20H31NO5. The second kappa shape index (κ2) is 12.5. The maximum absolute atomic E-state index is 10.8. The van der Waals surface area contributed by atoms with Gasteiger partial charge < -0.3 is 24.3 Å².